The van der Waals surface area contributed by atoms with Crippen molar-refractivity contribution < 1.29 is 23.9 Å². The average Bonchev–Trinajstić information content (AvgIpc) is 2.69. The third-order valence-electron chi connectivity index (χ3n) is 4.88. The molecule has 0 aliphatic carbocycles. The van der Waals surface area contributed by atoms with Crippen LogP contribution in [-0.4, -0.2) is 67.0 Å². The molecule has 0 bridgehead atoms. The Morgan fingerprint density at radius 3 is 2.72 bits per heavy atom. The topological polar surface area (TPSA) is 76.2 Å². The molecule has 2 rings (SSSR count). The normalized spacial score (nSPS) is 17.4. The fourth-order valence-corrected chi connectivity index (χ4v) is 3.88. The van der Waals surface area contributed by atoms with Crippen LogP contribution in [0.1, 0.15) is 32.3 Å². The molecular formula is C21H29BrN2O5. The van der Waals surface area contributed by atoms with Crippen LogP contribution >= 0.6 is 15.9 Å². The van der Waals surface area contributed by atoms with E-state index in [0.717, 1.165) is 16.5 Å². The number of carbonyl (C=O) groups excluding carboxylic acids is 3. The summed E-state index contributed by atoms with van der Waals surface area (Å²) in [7, 11) is 1.58. The summed E-state index contributed by atoms with van der Waals surface area (Å²) >= 11 is 3.43. The SMILES string of the molecule is CCOC(=O)C1CCCN(C(=O)CN(C)C(=O)C(C)Oc2ccc(C)cc2Br)C1. The van der Waals surface area contributed by atoms with Crippen molar-refractivity contribution in [1.82, 2.24) is 9.80 Å². The van der Waals surface area contributed by atoms with Crippen LogP contribution in [0.15, 0.2) is 22.7 Å². The van der Waals surface area contributed by atoms with Crippen LogP contribution in [0.3, 0.4) is 0 Å². The molecule has 1 aliphatic rings. The zero-order chi connectivity index (χ0) is 21.6. The molecule has 0 N–H and O–H groups in total. The Hall–Kier alpha value is -2.09. The Bertz CT molecular complexity index is 755. The van der Waals surface area contributed by atoms with Gasteiger partial charge in [0.15, 0.2) is 6.10 Å². The molecule has 0 spiro atoms. The number of esters is 1. The summed E-state index contributed by atoms with van der Waals surface area (Å²) in [4.78, 5) is 40.2. The van der Waals surface area contributed by atoms with Crippen LogP contribution < -0.4 is 4.74 Å². The maximum absolute atomic E-state index is 12.6. The number of piperidine rings is 1. The number of aryl methyl sites for hydroxylation is 1. The number of hydrogen-bond donors (Lipinski definition) is 0. The van der Waals surface area contributed by atoms with Crippen LogP contribution in [0.25, 0.3) is 0 Å². The Balaban J connectivity index is 1.90. The highest BCUT2D eigenvalue weighted by molar-refractivity contribution is 9.10. The number of nitrogens with zero attached hydrogens (tertiary/aromatic N) is 2. The predicted molar refractivity (Wildman–Crippen MR) is 113 cm³/mol. The first-order chi connectivity index (χ1) is 13.7. The van der Waals surface area contributed by atoms with Gasteiger partial charge in [0.25, 0.3) is 5.91 Å². The lowest BCUT2D eigenvalue weighted by Crippen LogP contribution is -2.48. The van der Waals surface area contributed by atoms with Crippen LogP contribution in [0.5, 0.6) is 5.75 Å². The second-order valence-corrected chi connectivity index (χ2v) is 8.17. The Kier molecular flexibility index (Phi) is 8.49. The van der Waals surface area contributed by atoms with Crippen molar-refractivity contribution in [1.29, 1.82) is 0 Å². The minimum Gasteiger partial charge on any atom is -0.480 e. The van der Waals surface area contributed by atoms with Gasteiger partial charge < -0.3 is 19.3 Å². The molecule has 2 amide bonds. The number of ether oxygens (including phenoxy) is 2. The van der Waals surface area contributed by atoms with E-state index in [4.69, 9.17) is 9.47 Å². The smallest absolute Gasteiger partial charge is 0.310 e. The largest absolute Gasteiger partial charge is 0.480 e. The fraction of sp³-hybridized carbons (Fsp3) is 0.571. The van der Waals surface area contributed by atoms with E-state index in [2.05, 4.69) is 15.9 Å². The number of hydrogen-bond acceptors (Lipinski definition) is 5. The molecular weight excluding hydrogens is 440 g/mol. The van der Waals surface area contributed by atoms with Crippen LogP contribution in [0, 0.1) is 12.8 Å². The lowest BCUT2D eigenvalue weighted by Gasteiger charge is -2.33. The van der Waals surface area contributed by atoms with Crippen molar-refractivity contribution in [3.05, 3.63) is 28.2 Å². The number of rotatable bonds is 7. The molecule has 1 aliphatic heterocycles. The van der Waals surface area contributed by atoms with E-state index >= 15 is 0 Å². The second kappa shape index (κ2) is 10.6. The first-order valence-corrected chi connectivity index (χ1v) is 10.6. The highest BCUT2D eigenvalue weighted by Gasteiger charge is 2.30. The van der Waals surface area contributed by atoms with E-state index in [-0.39, 0.29) is 30.2 Å². The van der Waals surface area contributed by atoms with E-state index in [1.165, 1.54) is 4.90 Å². The third-order valence-corrected chi connectivity index (χ3v) is 5.50. The monoisotopic (exact) mass is 468 g/mol. The third kappa shape index (κ3) is 6.45. The Morgan fingerprint density at radius 1 is 1.34 bits per heavy atom. The van der Waals surface area contributed by atoms with Gasteiger partial charge >= 0.3 is 5.97 Å². The standard InChI is InChI=1S/C21H29BrN2O5/c1-5-28-21(27)16-7-6-10-24(12-16)19(25)13-23(4)20(26)15(3)29-18-9-8-14(2)11-17(18)22/h8-9,11,15-16H,5-7,10,12-13H2,1-4H3. The first kappa shape index (κ1) is 23.2. The summed E-state index contributed by atoms with van der Waals surface area (Å²) < 4.78 is 11.6. The van der Waals surface area contributed by atoms with Crippen LogP contribution in [0.2, 0.25) is 0 Å². The maximum atomic E-state index is 12.6. The maximum Gasteiger partial charge on any atom is 0.310 e. The van der Waals surface area contributed by atoms with E-state index in [0.29, 0.717) is 31.9 Å². The number of likely N-dealkylation sites (N-methyl/N-ethyl adjacent to an activating group) is 1. The summed E-state index contributed by atoms with van der Waals surface area (Å²) in [6.07, 6.45) is 0.724. The van der Waals surface area contributed by atoms with Gasteiger partial charge in [0.1, 0.15) is 5.75 Å². The van der Waals surface area contributed by atoms with Gasteiger partial charge in [-0.1, -0.05) is 6.07 Å². The molecule has 8 heteroatoms. The van der Waals surface area contributed by atoms with Gasteiger partial charge in [-0.05, 0) is 67.2 Å². The summed E-state index contributed by atoms with van der Waals surface area (Å²) in [6.45, 7) is 6.58. The molecule has 1 aromatic carbocycles. The molecule has 0 aromatic heterocycles. The van der Waals surface area contributed by atoms with Crippen molar-refractivity contribution in [2.45, 2.75) is 39.7 Å². The molecule has 1 fully saturated rings. The van der Waals surface area contributed by atoms with E-state index in [1.807, 2.05) is 19.1 Å². The van der Waals surface area contributed by atoms with Crippen LogP contribution in [0.4, 0.5) is 0 Å². The summed E-state index contributed by atoms with van der Waals surface area (Å²) in [6, 6.07) is 5.62. The number of benzene rings is 1. The van der Waals surface area contributed by atoms with Crippen molar-refractivity contribution >= 4 is 33.7 Å². The van der Waals surface area contributed by atoms with Gasteiger partial charge in [-0.2, -0.15) is 0 Å². The Labute approximate surface area is 180 Å². The number of carbonyl (C=O) groups is 3. The minimum atomic E-state index is -0.736. The molecule has 1 saturated heterocycles. The zero-order valence-electron chi connectivity index (χ0n) is 17.4. The van der Waals surface area contributed by atoms with E-state index in [9.17, 15) is 14.4 Å². The second-order valence-electron chi connectivity index (χ2n) is 7.32. The molecule has 0 radical (unpaired) electrons. The summed E-state index contributed by atoms with van der Waals surface area (Å²) in [5.41, 5.74) is 1.08. The molecule has 160 valence electrons. The molecule has 29 heavy (non-hydrogen) atoms. The molecule has 1 heterocycles. The van der Waals surface area contributed by atoms with Gasteiger partial charge in [0.2, 0.25) is 5.91 Å². The van der Waals surface area contributed by atoms with Gasteiger partial charge in [-0.15, -0.1) is 0 Å². The molecule has 7 nitrogen and oxygen atoms in total. The van der Waals surface area contributed by atoms with Gasteiger partial charge in [-0.3, -0.25) is 14.4 Å². The summed E-state index contributed by atoms with van der Waals surface area (Å²) in [5, 5.41) is 0. The summed E-state index contributed by atoms with van der Waals surface area (Å²) in [5.74, 6) is -0.456. The van der Waals surface area contributed by atoms with E-state index in [1.54, 1.807) is 31.9 Å². The average molecular weight is 469 g/mol. The van der Waals surface area contributed by atoms with Gasteiger partial charge in [0, 0.05) is 20.1 Å². The molecule has 2 atom stereocenters. The minimum absolute atomic E-state index is 0.0584. The molecule has 0 saturated carbocycles. The number of likely N-dealkylation sites (tertiary alicyclic amines) is 1. The lowest BCUT2D eigenvalue weighted by molar-refractivity contribution is -0.152. The van der Waals surface area contributed by atoms with Crippen molar-refractivity contribution in [3.8, 4) is 5.75 Å². The highest BCUT2D eigenvalue weighted by atomic mass is 79.9. The Morgan fingerprint density at radius 2 is 2.07 bits per heavy atom. The fourth-order valence-electron chi connectivity index (χ4n) is 3.29. The van der Waals surface area contributed by atoms with Crippen molar-refractivity contribution in [3.63, 3.8) is 0 Å². The lowest BCUT2D eigenvalue weighted by atomic mass is 9.98. The number of halogens is 1. The quantitative estimate of drug-likeness (QED) is 0.575. The highest BCUT2D eigenvalue weighted by Crippen LogP contribution is 2.27. The van der Waals surface area contributed by atoms with Crippen LogP contribution in [-0.2, 0) is 19.1 Å². The van der Waals surface area contributed by atoms with Crippen molar-refractivity contribution in [2.75, 3.05) is 33.3 Å². The first-order valence-electron chi connectivity index (χ1n) is 9.85. The molecule has 1 aromatic rings. The molecule has 2 unspecified atom stereocenters. The van der Waals surface area contributed by atoms with Gasteiger partial charge in [0.05, 0.1) is 23.5 Å². The predicted octanol–water partition coefficient (Wildman–Crippen LogP) is 2.78. The number of amides is 2. The van der Waals surface area contributed by atoms with Crippen molar-refractivity contribution in [2.24, 2.45) is 5.92 Å². The van der Waals surface area contributed by atoms with Gasteiger partial charge in [-0.25, -0.2) is 0 Å². The van der Waals surface area contributed by atoms with E-state index < -0.39 is 6.10 Å². The zero-order valence-corrected chi connectivity index (χ0v) is 19.0.